The molecular formula is C13H20N4. The maximum Gasteiger partial charge on any atom is 0.123 e. The van der Waals surface area contributed by atoms with Crippen LogP contribution in [0.5, 0.6) is 0 Å². The van der Waals surface area contributed by atoms with Gasteiger partial charge in [-0.1, -0.05) is 0 Å². The molecule has 1 aliphatic heterocycles. The Morgan fingerprint density at radius 1 is 1.24 bits per heavy atom. The van der Waals surface area contributed by atoms with Crippen LogP contribution in [0.25, 0.3) is 0 Å². The van der Waals surface area contributed by atoms with Gasteiger partial charge in [0.2, 0.25) is 0 Å². The number of nitrogens with two attached hydrogens (primary N) is 1. The minimum absolute atomic E-state index is 0.624. The SMILES string of the molecule is Nc1cc(CN2CCN(C3CC3)CC2)ccn1. The first kappa shape index (κ1) is 11.0. The zero-order chi connectivity index (χ0) is 11.7. The molecule has 92 valence electrons. The van der Waals surface area contributed by atoms with Crippen LogP contribution in [0.3, 0.4) is 0 Å². The number of aromatic nitrogens is 1. The molecule has 4 nitrogen and oxygen atoms in total. The van der Waals surface area contributed by atoms with Gasteiger partial charge in [0.05, 0.1) is 0 Å². The lowest BCUT2D eigenvalue weighted by molar-refractivity contribution is 0.121. The Kier molecular flexibility index (Phi) is 2.99. The fourth-order valence-electron chi connectivity index (χ4n) is 2.58. The zero-order valence-corrected chi connectivity index (χ0v) is 10.2. The molecule has 1 saturated carbocycles. The Morgan fingerprint density at radius 3 is 2.65 bits per heavy atom. The lowest BCUT2D eigenvalue weighted by atomic mass is 10.2. The quantitative estimate of drug-likeness (QED) is 0.842. The molecule has 0 spiro atoms. The van der Waals surface area contributed by atoms with Gasteiger partial charge >= 0.3 is 0 Å². The molecule has 0 radical (unpaired) electrons. The summed E-state index contributed by atoms with van der Waals surface area (Å²) in [5.41, 5.74) is 6.97. The Balaban J connectivity index is 1.53. The van der Waals surface area contributed by atoms with E-state index in [-0.39, 0.29) is 0 Å². The fourth-order valence-corrected chi connectivity index (χ4v) is 2.58. The Morgan fingerprint density at radius 2 is 2.00 bits per heavy atom. The number of nitrogen functional groups attached to an aromatic ring is 1. The molecule has 1 saturated heterocycles. The maximum atomic E-state index is 5.70. The normalized spacial score (nSPS) is 22.8. The highest BCUT2D eigenvalue weighted by molar-refractivity contribution is 5.31. The van der Waals surface area contributed by atoms with Gasteiger partial charge in [0.25, 0.3) is 0 Å². The van der Waals surface area contributed by atoms with Crippen LogP contribution in [0.4, 0.5) is 5.82 Å². The number of pyridine rings is 1. The molecule has 0 bridgehead atoms. The van der Waals surface area contributed by atoms with Crippen molar-refractivity contribution < 1.29 is 0 Å². The third kappa shape index (κ3) is 2.76. The predicted octanol–water partition coefficient (Wildman–Crippen LogP) is 0.944. The van der Waals surface area contributed by atoms with Crippen LogP contribution in [-0.2, 0) is 6.54 Å². The van der Waals surface area contributed by atoms with Crippen LogP contribution in [0.2, 0.25) is 0 Å². The van der Waals surface area contributed by atoms with Gasteiger partial charge in [0.1, 0.15) is 5.82 Å². The van der Waals surface area contributed by atoms with Crippen molar-refractivity contribution in [3.63, 3.8) is 0 Å². The number of hydrogen-bond acceptors (Lipinski definition) is 4. The molecule has 4 heteroatoms. The van der Waals surface area contributed by atoms with Gasteiger partial charge in [0, 0.05) is 45.0 Å². The monoisotopic (exact) mass is 232 g/mol. The summed E-state index contributed by atoms with van der Waals surface area (Å²) in [7, 11) is 0. The van der Waals surface area contributed by atoms with E-state index in [2.05, 4.69) is 20.9 Å². The fraction of sp³-hybridized carbons (Fsp3) is 0.615. The van der Waals surface area contributed by atoms with E-state index < -0.39 is 0 Å². The Hall–Kier alpha value is -1.13. The summed E-state index contributed by atoms with van der Waals surface area (Å²) in [6.45, 7) is 5.82. The number of hydrogen-bond donors (Lipinski definition) is 1. The molecule has 2 fully saturated rings. The molecule has 2 N–H and O–H groups in total. The summed E-state index contributed by atoms with van der Waals surface area (Å²) in [6.07, 6.45) is 4.63. The van der Waals surface area contributed by atoms with Crippen LogP contribution in [0, 0.1) is 0 Å². The van der Waals surface area contributed by atoms with Crippen LogP contribution in [0.1, 0.15) is 18.4 Å². The summed E-state index contributed by atoms with van der Waals surface area (Å²) in [6, 6.07) is 4.95. The van der Waals surface area contributed by atoms with Gasteiger partial charge in [-0.05, 0) is 30.5 Å². The lowest BCUT2D eigenvalue weighted by Gasteiger charge is -2.34. The number of piperazine rings is 1. The average Bonchev–Trinajstić information content (AvgIpc) is 3.14. The Bertz CT molecular complexity index is 381. The van der Waals surface area contributed by atoms with Crippen molar-refractivity contribution in [2.45, 2.75) is 25.4 Å². The molecular weight excluding hydrogens is 212 g/mol. The smallest absolute Gasteiger partial charge is 0.123 e. The molecule has 17 heavy (non-hydrogen) atoms. The second-order valence-electron chi connectivity index (χ2n) is 5.13. The predicted molar refractivity (Wildman–Crippen MR) is 68.5 cm³/mol. The molecule has 3 rings (SSSR count). The van der Waals surface area contributed by atoms with E-state index in [1.165, 1.54) is 44.6 Å². The van der Waals surface area contributed by atoms with Crippen molar-refractivity contribution in [1.29, 1.82) is 0 Å². The van der Waals surface area contributed by atoms with Gasteiger partial charge in [-0.2, -0.15) is 0 Å². The largest absolute Gasteiger partial charge is 0.384 e. The summed E-state index contributed by atoms with van der Waals surface area (Å²) in [5.74, 6) is 0.624. The van der Waals surface area contributed by atoms with Crippen LogP contribution >= 0.6 is 0 Å². The first-order valence-corrected chi connectivity index (χ1v) is 6.48. The van der Waals surface area contributed by atoms with E-state index in [1.807, 2.05) is 6.07 Å². The third-order valence-electron chi connectivity index (χ3n) is 3.72. The highest BCUT2D eigenvalue weighted by Gasteiger charge is 2.30. The van der Waals surface area contributed by atoms with Gasteiger partial charge < -0.3 is 5.73 Å². The highest BCUT2D eigenvalue weighted by atomic mass is 15.3. The van der Waals surface area contributed by atoms with E-state index in [1.54, 1.807) is 6.20 Å². The van der Waals surface area contributed by atoms with Crippen molar-refractivity contribution >= 4 is 5.82 Å². The molecule has 0 aromatic carbocycles. The molecule has 0 amide bonds. The number of rotatable bonds is 3. The highest BCUT2D eigenvalue weighted by Crippen LogP contribution is 2.27. The first-order valence-electron chi connectivity index (χ1n) is 6.48. The number of anilines is 1. The molecule has 2 heterocycles. The van der Waals surface area contributed by atoms with E-state index in [0.29, 0.717) is 5.82 Å². The van der Waals surface area contributed by atoms with Crippen LogP contribution < -0.4 is 5.73 Å². The topological polar surface area (TPSA) is 45.4 Å². The number of nitrogens with zero attached hydrogens (tertiary/aromatic N) is 3. The van der Waals surface area contributed by atoms with Gasteiger partial charge in [0.15, 0.2) is 0 Å². The Labute approximate surface area is 102 Å². The summed E-state index contributed by atoms with van der Waals surface area (Å²) >= 11 is 0. The van der Waals surface area contributed by atoms with Crippen LogP contribution in [-0.4, -0.2) is 47.0 Å². The van der Waals surface area contributed by atoms with Crippen molar-refractivity contribution in [2.24, 2.45) is 0 Å². The lowest BCUT2D eigenvalue weighted by Crippen LogP contribution is -2.46. The van der Waals surface area contributed by atoms with E-state index in [9.17, 15) is 0 Å². The molecule has 2 aliphatic rings. The van der Waals surface area contributed by atoms with E-state index >= 15 is 0 Å². The van der Waals surface area contributed by atoms with E-state index in [0.717, 1.165) is 12.6 Å². The van der Waals surface area contributed by atoms with Gasteiger partial charge in [-0.25, -0.2) is 4.98 Å². The third-order valence-corrected chi connectivity index (χ3v) is 3.72. The molecule has 0 atom stereocenters. The zero-order valence-electron chi connectivity index (χ0n) is 10.2. The van der Waals surface area contributed by atoms with E-state index in [4.69, 9.17) is 5.73 Å². The summed E-state index contributed by atoms with van der Waals surface area (Å²) < 4.78 is 0. The minimum Gasteiger partial charge on any atom is -0.384 e. The van der Waals surface area contributed by atoms with Crippen molar-refractivity contribution in [3.05, 3.63) is 23.9 Å². The van der Waals surface area contributed by atoms with Gasteiger partial charge in [-0.3, -0.25) is 9.80 Å². The minimum atomic E-state index is 0.624. The first-order chi connectivity index (χ1) is 8.31. The van der Waals surface area contributed by atoms with Crippen LogP contribution in [0.15, 0.2) is 18.3 Å². The van der Waals surface area contributed by atoms with Crippen molar-refractivity contribution in [3.8, 4) is 0 Å². The average molecular weight is 232 g/mol. The molecule has 0 unspecified atom stereocenters. The second kappa shape index (κ2) is 4.63. The maximum absolute atomic E-state index is 5.70. The standard InChI is InChI=1S/C13H20N4/c14-13-9-11(3-4-15-13)10-16-5-7-17(8-6-16)12-1-2-12/h3-4,9,12H,1-2,5-8,10H2,(H2,14,15). The second-order valence-corrected chi connectivity index (χ2v) is 5.13. The van der Waals surface area contributed by atoms with Crippen molar-refractivity contribution in [1.82, 2.24) is 14.8 Å². The molecule has 1 aromatic rings. The molecule has 1 aliphatic carbocycles. The molecule has 1 aromatic heterocycles. The summed E-state index contributed by atoms with van der Waals surface area (Å²) in [4.78, 5) is 9.17. The van der Waals surface area contributed by atoms with Crippen molar-refractivity contribution in [2.75, 3.05) is 31.9 Å². The van der Waals surface area contributed by atoms with Gasteiger partial charge in [-0.15, -0.1) is 0 Å². The summed E-state index contributed by atoms with van der Waals surface area (Å²) in [5, 5.41) is 0.